The largest absolute Gasteiger partial charge is 0.459 e. The number of ether oxygens (including phenoxy) is 1. The average Bonchev–Trinajstić information content (AvgIpc) is 2.35. The zero-order valence-corrected chi connectivity index (χ0v) is 11.5. The SMILES string of the molecule is CC(=O)/C(=C\c1ccc([N+](=O)[O-])cc1)C(=O)OC(C)C. The van der Waals surface area contributed by atoms with Crippen molar-refractivity contribution in [3.8, 4) is 0 Å². The van der Waals surface area contributed by atoms with Gasteiger partial charge in [-0.25, -0.2) is 4.79 Å². The van der Waals surface area contributed by atoms with Gasteiger partial charge in [-0.1, -0.05) is 0 Å². The summed E-state index contributed by atoms with van der Waals surface area (Å²) in [4.78, 5) is 33.2. The highest BCUT2D eigenvalue weighted by atomic mass is 16.6. The predicted molar refractivity (Wildman–Crippen MR) is 73.0 cm³/mol. The van der Waals surface area contributed by atoms with E-state index in [2.05, 4.69) is 0 Å². The molecule has 0 saturated heterocycles. The summed E-state index contributed by atoms with van der Waals surface area (Å²) in [6.45, 7) is 4.63. The monoisotopic (exact) mass is 277 g/mol. The van der Waals surface area contributed by atoms with E-state index < -0.39 is 16.7 Å². The standard InChI is InChI=1S/C14H15NO5/c1-9(2)20-14(17)13(10(3)16)8-11-4-6-12(7-5-11)15(18)19/h4-9H,1-3H3/b13-8+. The third kappa shape index (κ3) is 4.31. The Morgan fingerprint density at radius 2 is 1.80 bits per heavy atom. The van der Waals surface area contributed by atoms with Crippen molar-refractivity contribution in [1.29, 1.82) is 0 Å². The summed E-state index contributed by atoms with van der Waals surface area (Å²) < 4.78 is 4.97. The number of rotatable bonds is 5. The molecule has 6 nitrogen and oxygen atoms in total. The molecule has 20 heavy (non-hydrogen) atoms. The molecule has 0 unspecified atom stereocenters. The van der Waals surface area contributed by atoms with E-state index in [0.717, 1.165) is 0 Å². The molecule has 0 amide bonds. The summed E-state index contributed by atoms with van der Waals surface area (Å²) >= 11 is 0. The molecule has 0 radical (unpaired) electrons. The van der Waals surface area contributed by atoms with Crippen LogP contribution < -0.4 is 0 Å². The number of carbonyl (C=O) groups excluding carboxylic acids is 2. The van der Waals surface area contributed by atoms with Crippen molar-refractivity contribution in [2.75, 3.05) is 0 Å². The van der Waals surface area contributed by atoms with Gasteiger partial charge in [-0.3, -0.25) is 14.9 Å². The van der Waals surface area contributed by atoms with E-state index >= 15 is 0 Å². The molecule has 1 aromatic carbocycles. The molecule has 1 aromatic rings. The molecule has 1 rings (SSSR count). The summed E-state index contributed by atoms with van der Waals surface area (Å²) in [5, 5.41) is 10.5. The van der Waals surface area contributed by atoms with Crippen molar-refractivity contribution in [1.82, 2.24) is 0 Å². The zero-order chi connectivity index (χ0) is 15.3. The van der Waals surface area contributed by atoms with E-state index in [1.54, 1.807) is 13.8 Å². The molecule has 0 aliphatic carbocycles. The minimum atomic E-state index is -0.703. The van der Waals surface area contributed by atoms with Gasteiger partial charge in [0, 0.05) is 12.1 Å². The van der Waals surface area contributed by atoms with Gasteiger partial charge in [0.15, 0.2) is 5.78 Å². The first-order valence-corrected chi connectivity index (χ1v) is 5.99. The highest BCUT2D eigenvalue weighted by Crippen LogP contribution is 2.15. The van der Waals surface area contributed by atoms with Crippen molar-refractivity contribution >= 4 is 23.5 Å². The minimum Gasteiger partial charge on any atom is -0.459 e. The van der Waals surface area contributed by atoms with Gasteiger partial charge in [-0.15, -0.1) is 0 Å². The molecular formula is C14H15NO5. The van der Waals surface area contributed by atoms with Crippen molar-refractivity contribution in [3.63, 3.8) is 0 Å². The van der Waals surface area contributed by atoms with E-state index in [-0.39, 0.29) is 17.4 Å². The number of carbonyl (C=O) groups is 2. The molecule has 0 spiro atoms. The van der Waals surface area contributed by atoms with Crippen LogP contribution in [0.2, 0.25) is 0 Å². The first kappa shape index (κ1) is 15.6. The van der Waals surface area contributed by atoms with Gasteiger partial charge in [0.25, 0.3) is 5.69 Å². The van der Waals surface area contributed by atoms with Crippen molar-refractivity contribution in [2.45, 2.75) is 26.9 Å². The second-order valence-corrected chi connectivity index (χ2v) is 4.42. The molecule has 0 heterocycles. The maximum atomic E-state index is 11.8. The third-order valence-corrected chi connectivity index (χ3v) is 2.36. The van der Waals surface area contributed by atoms with Crippen molar-refractivity contribution < 1.29 is 19.2 Å². The second-order valence-electron chi connectivity index (χ2n) is 4.42. The molecule has 0 aliphatic rings. The van der Waals surface area contributed by atoms with E-state index in [0.29, 0.717) is 5.56 Å². The number of nitro benzene ring substituents is 1. The highest BCUT2D eigenvalue weighted by Gasteiger charge is 2.17. The molecule has 0 aliphatic heterocycles. The lowest BCUT2D eigenvalue weighted by Gasteiger charge is -2.08. The first-order valence-electron chi connectivity index (χ1n) is 5.99. The van der Waals surface area contributed by atoms with Crippen LogP contribution >= 0.6 is 0 Å². The Morgan fingerprint density at radius 1 is 1.25 bits per heavy atom. The Bertz CT molecular complexity index is 557. The van der Waals surface area contributed by atoms with Crippen LogP contribution in [0, 0.1) is 10.1 Å². The normalized spacial score (nSPS) is 11.3. The molecule has 6 heteroatoms. The fraction of sp³-hybridized carbons (Fsp3) is 0.286. The molecule has 0 atom stereocenters. The number of non-ortho nitro benzene ring substituents is 1. The number of benzene rings is 1. The number of Topliss-reactive ketones (excluding diaryl/α,β-unsaturated/α-hetero) is 1. The molecule has 0 bridgehead atoms. The summed E-state index contributed by atoms with van der Waals surface area (Å²) in [5.41, 5.74) is 0.366. The van der Waals surface area contributed by atoms with Gasteiger partial charge in [-0.05, 0) is 44.5 Å². The van der Waals surface area contributed by atoms with Crippen LogP contribution in [0.5, 0.6) is 0 Å². The molecule has 106 valence electrons. The van der Waals surface area contributed by atoms with Crippen LogP contribution in [0.15, 0.2) is 29.8 Å². The van der Waals surface area contributed by atoms with E-state index in [9.17, 15) is 19.7 Å². The topological polar surface area (TPSA) is 86.5 Å². The maximum Gasteiger partial charge on any atom is 0.342 e. The molecule has 0 N–H and O–H groups in total. The zero-order valence-electron chi connectivity index (χ0n) is 11.5. The van der Waals surface area contributed by atoms with Gasteiger partial charge in [-0.2, -0.15) is 0 Å². The molecule has 0 aromatic heterocycles. The van der Waals surface area contributed by atoms with Crippen LogP contribution in [0.25, 0.3) is 6.08 Å². The Balaban J connectivity index is 3.05. The van der Waals surface area contributed by atoms with Crippen LogP contribution in [0.1, 0.15) is 26.3 Å². The average molecular weight is 277 g/mol. The summed E-state index contributed by atoms with van der Waals surface area (Å²) in [5.74, 6) is -1.13. The van der Waals surface area contributed by atoms with Gasteiger partial charge in [0.2, 0.25) is 0 Å². The third-order valence-electron chi connectivity index (χ3n) is 2.36. The Labute approximate surface area is 116 Å². The van der Waals surface area contributed by atoms with Crippen molar-refractivity contribution in [3.05, 3.63) is 45.5 Å². The van der Waals surface area contributed by atoms with Crippen LogP contribution in [0.4, 0.5) is 5.69 Å². The Kier molecular flexibility index (Phi) is 5.14. The fourth-order valence-corrected chi connectivity index (χ4v) is 1.44. The van der Waals surface area contributed by atoms with Gasteiger partial charge < -0.3 is 4.74 Å². The summed E-state index contributed by atoms with van der Waals surface area (Å²) in [7, 11) is 0. The van der Waals surface area contributed by atoms with Gasteiger partial charge >= 0.3 is 5.97 Å². The summed E-state index contributed by atoms with van der Waals surface area (Å²) in [6, 6.07) is 5.53. The number of hydrogen-bond donors (Lipinski definition) is 0. The maximum absolute atomic E-state index is 11.8. The van der Waals surface area contributed by atoms with Crippen LogP contribution in [-0.2, 0) is 14.3 Å². The summed E-state index contributed by atoms with van der Waals surface area (Å²) in [6.07, 6.45) is 1.03. The van der Waals surface area contributed by atoms with Crippen LogP contribution in [0.3, 0.4) is 0 Å². The molecule has 0 fully saturated rings. The molecular weight excluding hydrogens is 262 g/mol. The molecule has 0 saturated carbocycles. The number of nitro groups is 1. The number of hydrogen-bond acceptors (Lipinski definition) is 5. The van der Waals surface area contributed by atoms with E-state index in [1.807, 2.05) is 0 Å². The lowest BCUT2D eigenvalue weighted by molar-refractivity contribution is -0.384. The van der Waals surface area contributed by atoms with Crippen molar-refractivity contribution in [2.24, 2.45) is 0 Å². The number of nitrogens with zero attached hydrogens (tertiary/aromatic N) is 1. The lowest BCUT2D eigenvalue weighted by Crippen LogP contribution is -2.17. The predicted octanol–water partition coefficient (Wildman–Crippen LogP) is 2.52. The number of esters is 1. The smallest absolute Gasteiger partial charge is 0.342 e. The van der Waals surface area contributed by atoms with E-state index in [1.165, 1.54) is 37.3 Å². The Hall–Kier alpha value is -2.50. The quantitative estimate of drug-likeness (QED) is 0.206. The second kappa shape index (κ2) is 6.60. The fourth-order valence-electron chi connectivity index (χ4n) is 1.44. The van der Waals surface area contributed by atoms with Gasteiger partial charge in [0.05, 0.1) is 11.0 Å². The highest BCUT2D eigenvalue weighted by molar-refractivity contribution is 6.19. The number of ketones is 1. The van der Waals surface area contributed by atoms with Crippen LogP contribution in [-0.4, -0.2) is 22.8 Å². The van der Waals surface area contributed by atoms with E-state index in [4.69, 9.17) is 4.74 Å². The minimum absolute atomic E-state index is 0.0590. The van der Waals surface area contributed by atoms with Gasteiger partial charge in [0.1, 0.15) is 5.57 Å². The lowest BCUT2D eigenvalue weighted by atomic mass is 10.1. The Morgan fingerprint density at radius 3 is 2.20 bits per heavy atom. The first-order chi connectivity index (χ1) is 9.31.